The van der Waals surface area contributed by atoms with Crippen molar-refractivity contribution in [2.45, 2.75) is 17.9 Å². The number of aromatic carboxylic acids is 1. The molecule has 0 bridgehead atoms. The molecule has 0 saturated heterocycles. The van der Waals surface area contributed by atoms with Crippen LogP contribution in [0.2, 0.25) is 0 Å². The maximum Gasteiger partial charge on any atom is 0.371 e. The van der Waals surface area contributed by atoms with Gasteiger partial charge in [0, 0.05) is 17.1 Å². The molecule has 1 aromatic carbocycles. The molecule has 25 heavy (non-hydrogen) atoms. The molecule has 2 aromatic rings. The third-order valence-corrected chi connectivity index (χ3v) is 4.44. The molecule has 1 aliphatic rings. The molecule has 0 atom stereocenters. The first-order valence-corrected chi connectivity index (χ1v) is 8.71. The molecule has 1 aromatic heterocycles. The van der Waals surface area contributed by atoms with Crippen LogP contribution in [0.1, 0.15) is 22.7 Å². The Balaban J connectivity index is 1.41. The van der Waals surface area contributed by atoms with Gasteiger partial charge in [0.25, 0.3) is 0 Å². The van der Waals surface area contributed by atoms with E-state index in [1.54, 1.807) is 11.8 Å². The zero-order valence-corrected chi connectivity index (χ0v) is 14.1. The van der Waals surface area contributed by atoms with Crippen LogP contribution in [0.4, 0.5) is 0 Å². The van der Waals surface area contributed by atoms with E-state index in [2.05, 4.69) is 5.32 Å². The topological polar surface area (TPSA) is 98.0 Å². The Morgan fingerprint density at radius 2 is 1.92 bits per heavy atom. The lowest BCUT2D eigenvalue weighted by Gasteiger charge is -2.18. The molecule has 7 nitrogen and oxygen atoms in total. The number of thioether (sulfide) groups is 1. The number of fused-ring (bicyclic) bond motifs is 1. The van der Waals surface area contributed by atoms with Gasteiger partial charge in [-0.05, 0) is 30.3 Å². The number of nitrogens with one attached hydrogen (secondary N) is 1. The van der Waals surface area contributed by atoms with Crippen molar-refractivity contribution < 1.29 is 28.6 Å². The van der Waals surface area contributed by atoms with E-state index in [-0.39, 0.29) is 18.2 Å². The summed E-state index contributed by atoms with van der Waals surface area (Å²) in [4.78, 5) is 23.6. The standard InChI is InChI=1S/C17H17NO6S/c19-16(18-10-11-1-3-14(24-11)17(20)21)5-8-25-12-2-4-13-15(9-12)23-7-6-22-13/h1-4,9H,5-8,10H2,(H,18,19)(H,20,21). The molecule has 0 spiro atoms. The number of carbonyl (C=O) groups is 2. The zero-order valence-electron chi connectivity index (χ0n) is 13.3. The zero-order chi connectivity index (χ0) is 17.6. The summed E-state index contributed by atoms with van der Waals surface area (Å²) in [6.07, 6.45) is 0.339. The average Bonchev–Trinajstić information content (AvgIpc) is 3.09. The summed E-state index contributed by atoms with van der Waals surface area (Å²) in [5.41, 5.74) is 0. The third kappa shape index (κ3) is 4.69. The summed E-state index contributed by atoms with van der Waals surface area (Å²) in [5.74, 6) is 1.10. The summed E-state index contributed by atoms with van der Waals surface area (Å²) in [7, 11) is 0. The lowest BCUT2D eigenvalue weighted by Crippen LogP contribution is -2.22. The van der Waals surface area contributed by atoms with Crippen molar-refractivity contribution in [2.24, 2.45) is 0 Å². The molecule has 3 rings (SSSR count). The minimum absolute atomic E-state index is 0.127. The molecule has 0 fully saturated rings. The van der Waals surface area contributed by atoms with Gasteiger partial charge in [-0.25, -0.2) is 4.79 Å². The van der Waals surface area contributed by atoms with Gasteiger partial charge in [-0.3, -0.25) is 4.79 Å². The number of ether oxygens (including phenoxy) is 2. The highest BCUT2D eigenvalue weighted by atomic mass is 32.2. The molecule has 2 heterocycles. The maximum atomic E-state index is 11.9. The summed E-state index contributed by atoms with van der Waals surface area (Å²) in [6, 6.07) is 8.61. The molecule has 1 aliphatic heterocycles. The van der Waals surface area contributed by atoms with E-state index in [1.807, 2.05) is 18.2 Å². The van der Waals surface area contributed by atoms with Crippen LogP contribution < -0.4 is 14.8 Å². The third-order valence-electron chi connectivity index (χ3n) is 3.44. The van der Waals surface area contributed by atoms with Crippen molar-refractivity contribution in [3.8, 4) is 11.5 Å². The van der Waals surface area contributed by atoms with Crippen LogP contribution in [-0.2, 0) is 11.3 Å². The van der Waals surface area contributed by atoms with Gasteiger partial charge in [-0.15, -0.1) is 11.8 Å². The second kappa shape index (κ2) is 7.98. The number of hydrogen-bond donors (Lipinski definition) is 2. The van der Waals surface area contributed by atoms with E-state index < -0.39 is 5.97 Å². The Morgan fingerprint density at radius 3 is 2.68 bits per heavy atom. The van der Waals surface area contributed by atoms with E-state index in [4.69, 9.17) is 19.0 Å². The highest BCUT2D eigenvalue weighted by molar-refractivity contribution is 7.99. The maximum absolute atomic E-state index is 11.9. The second-order valence-electron chi connectivity index (χ2n) is 5.25. The predicted octanol–water partition coefficient (Wildman–Crippen LogP) is 2.55. The number of carboxylic acid groups (broad SMARTS) is 1. The molecular weight excluding hydrogens is 346 g/mol. The van der Waals surface area contributed by atoms with E-state index in [9.17, 15) is 9.59 Å². The lowest BCUT2D eigenvalue weighted by molar-refractivity contribution is -0.120. The van der Waals surface area contributed by atoms with Crippen molar-refractivity contribution >= 4 is 23.6 Å². The van der Waals surface area contributed by atoms with Crippen molar-refractivity contribution in [3.05, 3.63) is 41.9 Å². The van der Waals surface area contributed by atoms with Crippen molar-refractivity contribution in [1.29, 1.82) is 0 Å². The van der Waals surface area contributed by atoms with Crippen LogP contribution in [0.25, 0.3) is 0 Å². The summed E-state index contributed by atoms with van der Waals surface area (Å²) in [6.45, 7) is 1.27. The summed E-state index contributed by atoms with van der Waals surface area (Å²) >= 11 is 1.55. The van der Waals surface area contributed by atoms with Gasteiger partial charge in [0.1, 0.15) is 19.0 Å². The largest absolute Gasteiger partial charge is 0.486 e. The molecular formula is C17H17NO6S. The van der Waals surface area contributed by atoms with Crippen molar-refractivity contribution in [2.75, 3.05) is 19.0 Å². The number of rotatable bonds is 7. The van der Waals surface area contributed by atoms with Gasteiger partial charge in [0.2, 0.25) is 11.7 Å². The van der Waals surface area contributed by atoms with E-state index >= 15 is 0 Å². The fourth-order valence-corrected chi connectivity index (χ4v) is 3.11. The van der Waals surface area contributed by atoms with Crippen LogP contribution in [-0.4, -0.2) is 35.9 Å². The number of furan rings is 1. The van der Waals surface area contributed by atoms with Crippen LogP contribution >= 0.6 is 11.8 Å². The summed E-state index contributed by atoms with van der Waals surface area (Å²) < 4.78 is 16.1. The normalized spacial score (nSPS) is 12.6. The molecule has 0 aliphatic carbocycles. The number of carbonyl (C=O) groups excluding carboxylic acids is 1. The van der Waals surface area contributed by atoms with E-state index in [1.165, 1.54) is 12.1 Å². The van der Waals surface area contributed by atoms with Gasteiger partial charge in [0.15, 0.2) is 11.5 Å². The van der Waals surface area contributed by atoms with E-state index in [0.29, 0.717) is 31.1 Å². The molecule has 0 saturated carbocycles. The van der Waals surface area contributed by atoms with Gasteiger partial charge in [0.05, 0.1) is 6.54 Å². The Kier molecular flexibility index (Phi) is 5.49. The Bertz CT molecular complexity index is 772. The highest BCUT2D eigenvalue weighted by Crippen LogP contribution is 2.34. The monoisotopic (exact) mass is 363 g/mol. The SMILES string of the molecule is O=C(CCSc1ccc2c(c1)OCCO2)NCc1ccc(C(=O)O)o1. The molecule has 0 radical (unpaired) electrons. The van der Waals surface area contributed by atoms with Crippen LogP contribution in [0.3, 0.4) is 0 Å². The Morgan fingerprint density at radius 1 is 1.12 bits per heavy atom. The van der Waals surface area contributed by atoms with Crippen LogP contribution in [0.5, 0.6) is 11.5 Å². The average molecular weight is 363 g/mol. The van der Waals surface area contributed by atoms with E-state index in [0.717, 1.165) is 16.4 Å². The first-order valence-electron chi connectivity index (χ1n) is 7.73. The quantitative estimate of drug-likeness (QED) is 0.730. The first kappa shape index (κ1) is 17.2. The second-order valence-corrected chi connectivity index (χ2v) is 6.42. The molecule has 132 valence electrons. The molecule has 0 unspecified atom stereocenters. The van der Waals surface area contributed by atoms with Crippen molar-refractivity contribution in [3.63, 3.8) is 0 Å². The first-order chi connectivity index (χ1) is 12.1. The number of benzene rings is 1. The van der Waals surface area contributed by atoms with Gasteiger partial charge in [-0.1, -0.05) is 0 Å². The number of hydrogen-bond acceptors (Lipinski definition) is 6. The summed E-state index contributed by atoms with van der Waals surface area (Å²) in [5, 5.41) is 11.5. The fourth-order valence-electron chi connectivity index (χ4n) is 2.24. The van der Waals surface area contributed by atoms with Crippen molar-refractivity contribution in [1.82, 2.24) is 5.32 Å². The number of amides is 1. The molecule has 2 N–H and O–H groups in total. The highest BCUT2D eigenvalue weighted by Gasteiger charge is 2.12. The smallest absolute Gasteiger partial charge is 0.371 e. The lowest BCUT2D eigenvalue weighted by atomic mass is 10.3. The number of carboxylic acids is 1. The minimum atomic E-state index is -1.13. The Labute approximate surface area is 148 Å². The Hall–Kier alpha value is -2.61. The van der Waals surface area contributed by atoms with Crippen LogP contribution in [0.15, 0.2) is 39.6 Å². The van der Waals surface area contributed by atoms with Gasteiger partial charge >= 0.3 is 5.97 Å². The molecule has 1 amide bonds. The minimum Gasteiger partial charge on any atom is -0.486 e. The predicted molar refractivity (Wildman–Crippen MR) is 90.3 cm³/mol. The molecule has 8 heteroatoms. The fraction of sp³-hybridized carbons (Fsp3) is 0.294. The van der Waals surface area contributed by atoms with Gasteiger partial charge in [-0.2, -0.15) is 0 Å². The van der Waals surface area contributed by atoms with Crippen LogP contribution in [0, 0.1) is 0 Å². The van der Waals surface area contributed by atoms with Gasteiger partial charge < -0.3 is 24.3 Å².